The van der Waals surface area contributed by atoms with Crippen LogP contribution >= 0.6 is 0 Å². The Labute approximate surface area is 126 Å². The molecule has 0 bridgehead atoms. The Kier molecular flexibility index (Phi) is 5.99. The van der Waals surface area contributed by atoms with E-state index in [4.69, 9.17) is 4.74 Å². The molecular formula is C16H25N3O2. The van der Waals surface area contributed by atoms with Crippen LogP contribution in [0.2, 0.25) is 0 Å². The van der Waals surface area contributed by atoms with E-state index in [1.165, 1.54) is 12.7 Å². The molecule has 5 nitrogen and oxygen atoms in total. The molecule has 0 aromatic carbocycles. The zero-order valence-electron chi connectivity index (χ0n) is 13.0. The third-order valence-corrected chi connectivity index (χ3v) is 3.91. The highest BCUT2D eigenvalue weighted by Gasteiger charge is 2.25. The molecule has 1 N–H and O–H groups in total. The van der Waals surface area contributed by atoms with Gasteiger partial charge in [-0.1, -0.05) is 13.0 Å². The minimum atomic E-state index is -0.0670. The second kappa shape index (κ2) is 7.98. The second-order valence-electron chi connectivity index (χ2n) is 5.55. The Hall–Kier alpha value is -1.62. The van der Waals surface area contributed by atoms with Crippen molar-refractivity contribution in [3.8, 4) is 0 Å². The topological polar surface area (TPSA) is 54.5 Å². The standard InChI is InChI=1S/C16H25N3O2/c1-3-8-17-15-5-4-13(11-18-15)12-19-9-6-14(7-10-19)16(20)21-2/h4-5,11,14H,3,6-10,12H2,1-2H3,(H,17,18). The number of hydrogen-bond acceptors (Lipinski definition) is 5. The van der Waals surface area contributed by atoms with Crippen molar-refractivity contribution in [1.82, 2.24) is 9.88 Å². The molecule has 1 fully saturated rings. The number of pyridine rings is 1. The number of aromatic nitrogens is 1. The number of nitrogens with zero attached hydrogens (tertiary/aromatic N) is 2. The Morgan fingerprint density at radius 1 is 1.43 bits per heavy atom. The number of esters is 1. The molecule has 0 saturated carbocycles. The number of rotatable bonds is 6. The van der Waals surface area contributed by atoms with Gasteiger partial charge in [-0.3, -0.25) is 9.69 Å². The van der Waals surface area contributed by atoms with E-state index in [2.05, 4.69) is 28.2 Å². The number of nitrogens with one attached hydrogen (secondary N) is 1. The van der Waals surface area contributed by atoms with Crippen LogP contribution in [0.5, 0.6) is 0 Å². The largest absolute Gasteiger partial charge is 0.469 e. The van der Waals surface area contributed by atoms with Gasteiger partial charge >= 0.3 is 5.97 Å². The number of ether oxygens (including phenoxy) is 1. The third-order valence-electron chi connectivity index (χ3n) is 3.91. The van der Waals surface area contributed by atoms with Crippen LogP contribution in [0.4, 0.5) is 5.82 Å². The van der Waals surface area contributed by atoms with Gasteiger partial charge in [-0.15, -0.1) is 0 Å². The van der Waals surface area contributed by atoms with E-state index in [9.17, 15) is 4.79 Å². The summed E-state index contributed by atoms with van der Waals surface area (Å²) in [5, 5.41) is 3.27. The molecule has 1 aliphatic rings. The first kappa shape index (κ1) is 15.8. The van der Waals surface area contributed by atoms with E-state index in [1.807, 2.05) is 12.3 Å². The highest BCUT2D eigenvalue weighted by atomic mass is 16.5. The van der Waals surface area contributed by atoms with E-state index < -0.39 is 0 Å². The fourth-order valence-corrected chi connectivity index (χ4v) is 2.63. The van der Waals surface area contributed by atoms with Crippen molar-refractivity contribution in [2.75, 3.05) is 32.1 Å². The van der Waals surface area contributed by atoms with Crippen molar-refractivity contribution in [1.29, 1.82) is 0 Å². The van der Waals surface area contributed by atoms with Gasteiger partial charge in [0.25, 0.3) is 0 Å². The Bertz CT molecular complexity index is 439. The zero-order chi connectivity index (χ0) is 15.1. The van der Waals surface area contributed by atoms with Crippen molar-refractivity contribution in [2.45, 2.75) is 32.7 Å². The predicted molar refractivity (Wildman–Crippen MR) is 83.0 cm³/mol. The minimum Gasteiger partial charge on any atom is -0.469 e. The first-order valence-corrected chi connectivity index (χ1v) is 7.72. The SMILES string of the molecule is CCCNc1ccc(CN2CCC(C(=O)OC)CC2)cn1. The summed E-state index contributed by atoms with van der Waals surface area (Å²) in [4.78, 5) is 18.3. The molecule has 21 heavy (non-hydrogen) atoms. The Morgan fingerprint density at radius 3 is 2.76 bits per heavy atom. The summed E-state index contributed by atoms with van der Waals surface area (Å²) >= 11 is 0. The van der Waals surface area contributed by atoms with Gasteiger partial charge in [-0.2, -0.15) is 0 Å². The van der Waals surface area contributed by atoms with E-state index in [-0.39, 0.29) is 11.9 Å². The zero-order valence-corrected chi connectivity index (χ0v) is 13.0. The van der Waals surface area contributed by atoms with E-state index in [1.54, 1.807) is 0 Å². The van der Waals surface area contributed by atoms with Gasteiger partial charge in [0.05, 0.1) is 13.0 Å². The second-order valence-corrected chi connectivity index (χ2v) is 5.55. The number of piperidine rings is 1. The number of anilines is 1. The predicted octanol–water partition coefficient (Wildman–Crippen LogP) is 2.29. The number of carbonyl (C=O) groups is 1. The highest BCUT2D eigenvalue weighted by molar-refractivity contribution is 5.72. The summed E-state index contributed by atoms with van der Waals surface area (Å²) in [5.74, 6) is 0.942. The number of methoxy groups -OCH3 is 1. The maximum Gasteiger partial charge on any atom is 0.308 e. The molecule has 1 aromatic heterocycles. The van der Waals surface area contributed by atoms with Crippen molar-refractivity contribution >= 4 is 11.8 Å². The van der Waals surface area contributed by atoms with Crippen LogP contribution in [0.3, 0.4) is 0 Å². The van der Waals surface area contributed by atoms with Crippen LogP contribution in [0.15, 0.2) is 18.3 Å². The van der Waals surface area contributed by atoms with Crippen molar-refractivity contribution in [2.24, 2.45) is 5.92 Å². The first-order chi connectivity index (χ1) is 10.2. The average molecular weight is 291 g/mol. The van der Waals surface area contributed by atoms with E-state index >= 15 is 0 Å². The van der Waals surface area contributed by atoms with Crippen molar-refractivity contribution in [3.05, 3.63) is 23.9 Å². The molecule has 1 saturated heterocycles. The lowest BCUT2D eigenvalue weighted by Crippen LogP contribution is -2.36. The summed E-state index contributed by atoms with van der Waals surface area (Å²) in [5.41, 5.74) is 1.22. The Morgan fingerprint density at radius 2 is 2.19 bits per heavy atom. The highest BCUT2D eigenvalue weighted by Crippen LogP contribution is 2.20. The van der Waals surface area contributed by atoms with Gasteiger partial charge in [-0.25, -0.2) is 4.98 Å². The van der Waals surface area contributed by atoms with Gasteiger partial charge in [0.2, 0.25) is 0 Å². The molecule has 116 valence electrons. The molecule has 0 radical (unpaired) electrons. The molecule has 2 heterocycles. The van der Waals surface area contributed by atoms with Crippen LogP contribution in [0, 0.1) is 5.92 Å². The van der Waals surface area contributed by atoms with Crippen molar-refractivity contribution < 1.29 is 9.53 Å². The van der Waals surface area contributed by atoms with Crippen LogP contribution in [-0.4, -0.2) is 42.6 Å². The number of carbonyl (C=O) groups excluding carboxylic acids is 1. The quantitative estimate of drug-likeness (QED) is 0.815. The van der Waals surface area contributed by atoms with Crippen LogP contribution in [0.25, 0.3) is 0 Å². The first-order valence-electron chi connectivity index (χ1n) is 7.72. The van der Waals surface area contributed by atoms with Gasteiger partial charge in [0, 0.05) is 19.3 Å². The minimum absolute atomic E-state index is 0.0670. The lowest BCUT2D eigenvalue weighted by Gasteiger charge is -2.30. The lowest BCUT2D eigenvalue weighted by molar-refractivity contribution is -0.147. The molecule has 0 amide bonds. The van der Waals surface area contributed by atoms with Gasteiger partial charge in [0.15, 0.2) is 0 Å². The summed E-state index contributed by atoms with van der Waals surface area (Å²) < 4.78 is 4.81. The molecule has 0 aliphatic carbocycles. The summed E-state index contributed by atoms with van der Waals surface area (Å²) in [6.45, 7) is 5.87. The molecular weight excluding hydrogens is 266 g/mol. The fraction of sp³-hybridized carbons (Fsp3) is 0.625. The van der Waals surface area contributed by atoms with E-state index in [0.717, 1.165) is 51.3 Å². The molecule has 0 unspecified atom stereocenters. The number of hydrogen-bond donors (Lipinski definition) is 1. The number of likely N-dealkylation sites (tertiary alicyclic amines) is 1. The summed E-state index contributed by atoms with van der Waals surface area (Å²) in [7, 11) is 1.47. The average Bonchev–Trinajstić information content (AvgIpc) is 2.54. The van der Waals surface area contributed by atoms with Gasteiger partial charge in [0.1, 0.15) is 5.82 Å². The summed E-state index contributed by atoms with van der Waals surface area (Å²) in [6, 6.07) is 4.16. The molecule has 0 atom stereocenters. The molecule has 5 heteroatoms. The molecule has 2 rings (SSSR count). The smallest absolute Gasteiger partial charge is 0.308 e. The van der Waals surface area contributed by atoms with Gasteiger partial charge < -0.3 is 10.1 Å². The lowest BCUT2D eigenvalue weighted by atomic mass is 9.97. The summed E-state index contributed by atoms with van der Waals surface area (Å²) in [6.07, 6.45) is 4.80. The maximum absolute atomic E-state index is 11.5. The third kappa shape index (κ3) is 4.70. The van der Waals surface area contributed by atoms with Gasteiger partial charge in [-0.05, 0) is 44.0 Å². The fourth-order valence-electron chi connectivity index (χ4n) is 2.63. The van der Waals surface area contributed by atoms with Crippen molar-refractivity contribution in [3.63, 3.8) is 0 Å². The molecule has 0 spiro atoms. The van der Waals surface area contributed by atoms with E-state index in [0.29, 0.717) is 0 Å². The van der Waals surface area contributed by atoms with Crippen LogP contribution in [-0.2, 0) is 16.1 Å². The Balaban J connectivity index is 1.79. The normalized spacial score (nSPS) is 16.7. The monoisotopic (exact) mass is 291 g/mol. The molecule has 1 aromatic rings. The maximum atomic E-state index is 11.5. The van der Waals surface area contributed by atoms with Crippen LogP contribution in [0.1, 0.15) is 31.7 Å². The van der Waals surface area contributed by atoms with Crippen LogP contribution < -0.4 is 5.32 Å². The molecule has 1 aliphatic heterocycles.